The summed E-state index contributed by atoms with van der Waals surface area (Å²) in [5.41, 5.74) is -5.97. The number of carbonyl (C=O) groups is 4. The van der Waals surface area contributed by atoms with E-state index in [1.54, 1.807) is 44.2 Å². The molecule has 12 nitrogen and oxygen atoms in total. The smallest absolute Gasteiger partial charge is 0.338 e. The third-order valence-corrected chi connectivity index (χ3v) is 10.6. The van der Waals surface area contributed by atoms with Crippen LogP contribution in [0.5, 0.6) is 0 Å². The number of hydrogen-bond donors (Lipinski definition) is 3. The zero-order valence-corrected chi connectivity index (χ0v) is 26.6. The van der Waals surface area contributed by atoms with Crippen LogP contribution in [0.3, 0.4) is 0 Å². The molecule has 10 atom stereocenters. The maximum Gasteiger partial charge on any atom is 0.338 e. The van der Waals surface area contributed by atoms with Crippen LogP contribution in [-0.2, 0) is 38.1 Å². The lowest BCUT2D eigenvalue weighted by molar-refractivity contribution is -0.352. The minimum absolute atomic E-state index is 0.000758. The highest BCUT2D eigenvalue weighted by molar-refractivity contribution is 5.89. The quantitative estimate of drug-likeness (QED) is 0.237. The lowest BCUT2D eigenvalue weighted by atomic mass is 9.49. The van der Waals surface area contributed by atoms with Gasteiger partial charge >= 0.3 is 23.9 Å². The molecule has 1 aliphatic heterocycles. The molecule has 0 radical (unpaired) electrons. The Balaban J connectivity index is 1.87. The highest BCUT2D eigenvalue weighted by atomic mass is 16.6. The van der Waals surface area contributed by atoms with Gasteiger partial charge in [-0.15, -0.1) is 0 Å². The van der Waals surface area contributed by atoms with Gasteiger partial charge in [-0.05, 0) is 50.5 Å². The van der Waals surface area contributed by atoms with E-state index < -0.39 is 88.5 Å². The molecular weight excluding hydrogens is 588 g/mol. The molecule has 45 heavy (non-hydrogen) atoms. The number of fused-ring (bicyclic) bond motifs is 4. The summed E-state index contributed by atoms with van der Waals surface area (Å²) in [4.78, 5) is 51.9. The van der Waals surface area contributed by atoms with E-state index in [4.69, 9.17) is 23.7 Å². The number of esters is 4. The van der Waals surface area contributed by atoms with Crippen molar-refractivity contribution in [1.82, 2.24) is 0 Å². The van der Waals surface area contributed by atoms with Crippen molar-refractivity contribution in [2.24, 2.45) is 16.7 Å². The summed E-state index contributed by atoms with van der Waals surface area (Å²) in [6, 6.07) is 8.11. The summed E-state index contributed by atoms with van der Waals surface area (Å²) in [7, 11) is 0. The van der Waals surface area contributed by atoms with Crippen molar-refractivity contribution in [3.05, 3.63) is 47.0 Å². The fraction of sp³-hybridized carbons (Fsp3) is 0.636. The standard InChI is InChI=1S/C33H42O12/c1-16-21(37)14-32(30(5,6)40)24(16)25(44-29(39)20-11-9-8-10-12-20)27(38)31(7)22(42-17(2)34)13-23-33(15-41-23,45-19(4)36)26(31)28(32)43-18(3)35/h8-12,21-23,25-28,37-38,40H,13-15H2,1-7H3/t21-,22-,23+,25+,26?,27-,28-,31+,32-,33-/m1/s1. The zero-order valence-electron chi connectivity index (χ0n) is 26.6. The summed E-state index contributed by atoms with van der Waals surface area (Å²) in [6.07, 6.45) is -7.94. The van der Waals surface area contributed by atoms with Gasteiger partial charge in [-0.3, -0.25) is 14.4 Å². The Labute approximate surface area is 261 Å². The minimum atomic E-state index is -1.80. The highest BCUT2D eigenvalue weighted by Gasteiger charge is 2.80. The molecule has 246 valence electrons. The normalized spacial score (nSPS) is 38.8. The fourth-order valence-corrected chi connectivity index (χ4v) is 8.63. The molecule has 1 aromatic carbocycles. The second-order valence-electron chi connectivity index (χ2n) is 13.5. The van der Waals surface area contributed by atoms with Gasteiger partial charge in [-0.2, -0.15) is 0 Å². The van der Waals surface area contributed by atoms with Crippen molar-refractivity contribution in [3.8, 4) is 0 Å². The SMILES string of the molecule is CC(=O)O[C@@H]1C2[C@@](C)([C@H](O)[C@@H](OC(=O)c3ccccc3)C3=C(C)[C@H](O)C[C@@]31C(C)(C)O)[C@H](OC(C)=O)C[C@@H]1OC[C@]21OC(C)=O. The number of rotatable bonds is 6. The first-order valence-corrected chi connectivity index (χ1v) is 15.1. The maximum absolute atomic E-state index is 13.7. The van der Waals surface area contributed by atoms with Gasteiger partial charge in [0.1, 0.15) is 24.4 Å². The fourth-order valence-electron chi connectivity index (χ4n) is 8.63. The molecule has 3 N–H and O–H groups in total. The molecule has 2 saturated carbocycles. The Morgan fingerprint density at radius 2 is 1.58 bits per heavy atom. The van der Waals surface area contributed by atoms with Crippen LogP contribution in [0.15, 0.2) is 41.5 Å². The van der Waals surface area contributed by atoms with Gasteiger partial charge in [0.25, 0.3) is 0 Å². The van der Waals surface area contributed by atoms with Gasteiger partial charge in [0, 0.05) is 32.6 Å². The maximum atomic E-state index is 13.7. The van der Waals surface area contributed by atoms with Gasteiger partial charge in [0.15, 0.2) is 11.7 Å². The number of aliphatic hydroxyl groups excluding tert-OH is 2. The summed E-state index contributed by atoms with van der Waals surface area (Å²) >= 11 is 0. The molecule has 1 aromatic rings. The Hall–Kier alpha value is -3.32. The van der Waals surface area contributed by atoms with Crippen molar-refractivity contribution in [1.29, 1.82) is 0 Å². The van der Waals surface area contributed by atoms with Gasteiger partial charge in [0.05, 0.1) is 35.2 Å². The summed E-state index contributed by atoms with van der Waals surface area (Å²) in [5, 5.41) is 36.2. The first-order valence-electron chi connectivity index (χ1n) is 15.1. The summed E-state index contributed by atoms with van der Waals surface area (Å²) in [5.74, 6) is -4.07. The van der Waals surface area contributed by atoms with E-state index in [0.717, 1.165) is 0 Å². The number of ether oxygens (including phenoxy) is 5. The molecule has 3 aliphatic carbocycles. The third kappa shape index (κ3) is 4.88. The second-order valence-corrected chi connectivity index (χ2v) is 13.5. The Morgan fingerprint density at radius 3 is 2.09 bits per heavy atom. The summed E-state index contributed by atoms with van der Waals surface area (Å²) in [6.45, 7) is 9.66. The van der Waals surface area contributed by atoms with Crippen molar-refractivity contribution in [3.63, 3.8) is 0 Å². The predicted octanol–water partition coefficient (Wildman–Crippen LogP) is 2.02. The van der Waals surface area contributed by atoms with Crippen molar-refractivity contribution >= 4 is 23.9 Å². The molecule has 1 saturated heterocycles. The minimum Gasteiger partial charge on any atom is -0.462 e. The van der Waals surface area contributed by atoms with Crippen LogP contribution in [0.4, 0.5) is 0 Å². The van der Waals surface area contributed by atoms with Crippen LogP contribution < -0.4 is 0 Å². The van der Waals surface area contributed by atoms with Crippen LogP contribution in [0, 0.1) is 16.7 Å². The molecule has 1 heterocycles. The van der Waals surface area contributed by atoms with Crippen molar-refractivity contribution in [2.75, 3.05) is 6.61 Å². The van der Waals surface area contributed by atoms with E-state index in [1.807, 2.05) is 0 Å². The lowest BCUT2D eigenvalue weighted by Gasteiger charge is -2.65. The highest BCUT2D eigenvalue weighted by Crippen LogP contribution is 2.68. The van der Waals surface area contributed by atoms with E-state index in [0.29, 0.717) is 5.57 Å². The van der Waals surface area contributed by atoms with E-state index in [2.05, 4.69) is 0 Å². The molecular formula is C33H42O12. The molecule has 12 heteroatoms. The Morgan fingerprint density at radius 1 is 0.956 bits per heavy atom. The molecule has 4 aliphatic rings. The zero-order chi connectivity index (χ0) is 33.3. The predicted molar refractivity (Wildman–Crippen MR) is 155 cm³/mol. The third-order valence-electron chi connectivity index (χ3n) is 10.6. The lowest BCUT2D eigenvalue weighted by Crippen LogP contribution is -2.79. The number of hydrogen-bond acceptors (Lipinski definition) is 12. The first kappa shape index (κ1) is 33.1. The van der Waals surface area contributed by atoms with Crippen molar-refractivity contribution < 1.29 is 58.2 Å². The molecule has 1 unspecified atom stereocenters. The van der Waals surface area contributed by atoms with Gasteiger partial charge < -0.3 is 39.0 Å². The average molecular weight is 631 g/mol. The van der Waals surface area contributed by atoms with Crippen LogP contribution in [0.2, 0.25) is 0 Å². The van der Waals surface area contributed by atoms with Gasteiger partial charge in [-0.25, -0.2) is 4.79 Å². The Bertz CT molecular complexity index is 1410. The van der Waals surface area contributed by atoms with Crippen molar-refractivity contribution in [2.45, 2.75) is 109 Å². The molecule has 0 amide bonds. The molecule has 0 spiro atoms. The van der Waals surface area contributed by atoms with E-state index >= 15 is 0 Å². The Kier molecular flexibility index (Phi) is 8.21. The first-order chi connectivity index (χ1) is 20.9. The van der Waals surface area contributed by atoms with E-state index in [1.165, 1.54) is 34.6 Å². The molecule has 0 aromatic heterocycles. The van der Waals surface area contributed by atoms with Crippen LogP contribution in [0.1, 0.15) is 71.7 Å². The number of benzene rings is 1. The van der Waals surface area contributed by atoms with Crippen LogP contribution >= 0.6 is 0 Å². The molecule has 0 bridgehead atoms. The van der Waals surface area contributed by atoms with Crippen LogP contribution in [-0.4, -0.2) is 93.6 Å². The van der Waals surface area contributed by atoms with Gasteiger partial charge in [0.2, 0.25) is 0 Å². The number of aliphatic hydroxyl groups is 3. The number of carbonyl (C=O) groups excluding carboxylic acids is 4. The largest absolute Gasteiger partial charge is 0.462 e. The van der Waals surface area contributed by atoms with Gasteiger partial charge in [-0.1, -0.05) is 25.1 Å². The second kappa shape index (κ2) is 11.2. The summed E-state index contributed by atoms with van der Waals surface area (Å²) < 4.78 is 30.1. The average Bonchev–Trinajstić information content (AvgIpc) is 3.18. The monoisotopic (exact) mass is 630 g/mol. The molecule has 3 fully saturated rings. The topological polar surface area (TPSA) is 175 Å². The van der Waals surface area contributed by atoms with E-state index in [9.17, 15) is 34.5 Å². The molecule has 5 rings (SSSR count). The van der Waals surface area contributed by atoms with E-state index in [-0.39, 0.29) is 30.6 Å². The van der Waals surface area contributed by atoms with Crippen LogP contribution in [0.25, 0.3) is 0 Å².